The average Bonchev–Trinajstić information content (AvgIpc) is 3.21. The number of urea groups is 1. The second-order valence-corrected chi connectivity index (χ2v) is 9.66. The van der Waals surface area contributed by atoms with Gasteiger partial charge in [-0.05, 0) is 66.1 Å². The number of hydrogen-bond acceptors (Lipinski definition) is 6. The van der Waals surface area contributed by atoms with Crippen molar-refractivity contribution in [2.45, 2.75) is 13.3 Å². The number of rotatable bonds is 10. The van der Waals surface area contributed by atoms with Crippen molar-refractivity contribution >= 4 is 57.1 Å². The SMILES string of the molecule is CCc1ccccc1NC(=O)CN1C(=O)N/C(=C/c2cc(OC)c(OCC(=O)Nc3ccc(F)cc3)cc2Br)C1=O. The highest BCUT2D eigenvalue weighted by molar-refractivity contribution is 9.10. The summed E-state index contributed by atoms with van der Waals surface area (Å²) in [4.78, 5) is 51.2. The van der Waals surface area contributed by atoms with Crippen molar-refractivity contribution in [1.29, 1.82) is 0 Å². The number of para-hydroxylation sites is 1. The second kappa shape index (κ2) is 13.1. The van der Waals surface area contributed by atoms with Gasteiger partial charge in [-0.1, -0.05) is 41.1 Å². The van der Waals surface area contributed by atoms with E-state index in [-0.39, 0.29) is 23.8 Å². The van der Waals surface area contributed by atoms with Gasteiger partial charge in [0.05, 0.1) is 7.11 Å². The van der Waals surface area contributed by atoms with Crippen LogP contribution in [0.3, 0.4) is 0 Å². The van der Waals surface area contributed by atoms with E-state index < -0.39 is 36.1 Å². The maximum atomic E-state index is 13.1. The summed E-state index contributed by atoms with van der Waals surface area (Å²) in [6.45, 7) is 1.14. The number of imide groups is 1. The summed E-state index contributed by atoms with van der Waals surface area (Å²) in [6.07, 6.45) is 2.14. The Kier molecular flexibility index (Phi) is 9.35. The molecule has 0 bridgehead atoms. The molecule has 0 saturated carbocycles. The number of carbonyl (C=O) groups excluding carboxylic acids is 4. The average molecular weight is 625 g/mol. The molecule has 1 aliphatic rings. The molecule has 41 heavy (non-hydrogen) atoms. The first kappa shape index (κ1) is 29.3. The van der Waals surface area contributed by atoms with Crippen molar-refractivity contribution < 1.29 is 33.0 Å². The molecule has 3 aromatic rings. The Hall–Kier alpha value is -4.71. The van der Waals surface area contributed by atoms with E-state index in [2.05, 4.69) is 31.9 Å². The van der Waals surface area contributed by atoms with Gasteiger partial charge in [0.1, 0.15) is 18.1 Å². The number of nitrogens with zero attached hydrogens (tertiary/aromatic N) is 1. The number of amides is 5. The Morgan fingerprint density at radius 2 is 1.76 bits per heavy atom. The molecule has 3 aromatic carbocycles. The quantitative estimate of drug-likeness (QED) is 0.222. The minimum absolute atomic E-state index is 0.0353. The highest BCUT2D eigenvalue weighted by Crippen LogP contribution is 2.35. The van der Waals surface area contributed by atoms with Crippen molar-refractivity contribution in [3.63, 3.8) is 0 Å². The fraction of sp³-hybridized carbons (Fsp3) is 0.172. The van der Waals surface area contributed by atoms with Crippen LogP contribution >= 0.6 is 15.9 Å². The fourth-order valence-electron chi connectivity index (χ4n) is 3.96. The van der Waals surface area contributed by atoms with Crippen LogP contribution < -0.4 is 25.4 Å². The number of ether oxygens (including phenoxy) is 2. The Morgan fingerprint density at radius 1 is 1.02 bits per heavy atom. The third-order valence-corrected chi connectivity index (χ3v) is 6.69. The number of methoxy groups -OCH3 is 1. The summed E-state index contributed by atoms with van der Waals surface area (Å²) >= 11 is 3.41. The topological polar surface area (TPSA) is 126 Å². The molecule has 1 saturated heterocycles. The normalized spacial score (nSPS) is 13.7. The Balaban J connectivity index is 1.42. The van der Waals surface area contributed by atoms with E-state index in [9.17, 15) is 23.6 Å². The van der Waals surface area contributed by atoms with Gasteiger partial charge in [-0.15, -0.1) is 0 Å². The lowest BCUT2D eigenvalue weighted by molar-refractivity contribution is -0.127. The molecule has 4 rings (SSSR count). The lowest BCUT2D eigenvalue weighted by atomic mass is 10.1. The van der Waals surface area contributed by atoms with E-state index in [4.69, 9.17) is 9.47 Å². The molecule has 5 amide bonds. The molecule has 0 aromatic heterocycles. The van der Waals surface area contributed by atoms with E-state index in [1.54, 1.807) is 24.3 Å². The van der Waals surface area contributed by atoms with Crippen molar-refractivity contribution in [3.05, 3.63) is 87.8 Å². The molecule has 0 unspecified atom stereocenters. The molecule has 10 nitrogen and oxygen atoms in total. The maximum absolute atomic E-state index is 13.1. The molecule has 0 spiro atoms. The van der Waals surface area contributed by atoms with Crippen molar-refractivity contribution in [2.24, 2.45) is 0 Å². The number of benzene rings is 3. The minimum atomic E-state index is -0.726. The molecular weight excluding hydrogens is 599 g/mol. The van der Waals surface area contributed by atoms with Crippen LogP contribution in [-0.4, -0.2) is 48.9 Å². The number of anilines is 2. The predicted molar refractivity (Wildman–Crippen MR) is 154 cm³/mol. The van der Waals surface area contributed by atoms with Crippen molar-refractivity contribution in [1.82, 2.24) is 10.2 Å². The highest BCUT2D eigenvalue weighted by atomic mass is 79.9. The van der Waals surface area contributed by atoms with Crippen LogP contribution in [-0.2, 0) is 20.8 Å². The predicted octanol–water partition coefficient (Wildman–Crippen LogP) is 4.71. The number of hydrogen-bond donors (Lipinski definition) is 3. The third-order valence-electron chi connectivity index (χ3n) is 6.01. The van der Waals surface area contributed by atoms with Crippen LogP contribution in [0.5, 0.6) is 11.5 Å². The first-order valence-corrected chi connectivity index (χ1v) is 13.3. The lowest BCUT2D eigenvalue weighted by Gasteiger charge is -2.14. The molecule has 1 fully saturated rings. The largest absolute Gasteiger partial charge is 0.493 e. The molecule has 1 heterocycles. The lowest BCUT2D eigenvalue weighted by Crippen LogP contribution is -2.38. The molecule has 0 aliphatic carbocycles. The number of carbonyl (C=O) groups is 4. The summed E-state index contributed by atoms with van der Waals surface area (Å²) in [7, 11) is 1.41. The summed E-state index contributed by atoms with van der Waals surface area (Å²) < 4.78 is 24.5. The van der Waals surface area contributed by atoms with Gasteiger partial charge >= 0.3 is 6.03 Å². The molecule has 212 valence electrons. The van der Waals surface area contributed by atoms with Gasteiger partial charge < -0.3 is 25.4 Å². The summed E-state index contributed by atoms with van der Waals surface area (Å²) in [5.74, 6) is -1.57. The standard InChI is InChI=1S/C29H26BrFN4O6/c1-3-17-6-4-5-7-22(17)33-26(36)15-35-28(38)23(34-29(35)39)12-18-13-24(40-2)25(14-21(18)30)41-16-27(37)32-20-10-8-19(31)9-11-20/h4-14H,3,15-16H2,1-2H3,(H,32,37)(H,33,36)(H,34,39)/b23-12+. The van der Waals surface area contributed by atoms with Crippen LogP contribution in [0, 0.1) is 5.82 Å². The number of aryl methyl sites for hydroxylation is 1. The van der Waals surface area contributed by atoms with Gasteiger partial charge in [-0.2, -0.15) is 0 Å². The van der Waals surface area contributed by atoms with Crippen LogP contribution in [0.15, 0.2) is 70.8 Å². The third kappa shape index (κ3) is 7.28. The Bertz CT molecular complexity index is 1530. The van der Waals surface area contributed by atoms with Crippen LogP contribution in [0.2, 0.25) is 0 Å². The van der Waals surface area contributed by atoms with Gasteiger partial charge in [0.25, 0.3) is 11.8 Å². The molecule has 1 aliphatic heterocycles. The van der Waals surface area contributed by atoms with Gasteiger partial charge in [0, 0.05) is 15.8 Å². The van der Waals surface area contributed by atoms with Crippen LogP contribution in [0.1, 0.15) is 18.1 Å². The summed E-state index contributed by atoms with van der Waals surface area (Å²) in [5, 5.41) is 7.83. The van der Waals surface area contributed by atoms with Crippen molar-refractivity contribution in [3.8, 4) is 11.5 Å². The van der Waals surface area contributed by atoms with Gasteiger partial charge in [-0.25, -0.2) is 14.1 Å². The van der Waals surface area contributed by atoms with E-state index in [0.717, 1.165) is 10.5 Å². The number of halogens is 2. The zero-order chi connectivity index (χ0) is 29.5. The van der Waals surface area contributed by atoms with Gasteiger partial charge in [0.15, 0.2) is 18.1 Å². The van der Waals surface area contributed by atoms with E-state index in [1.165, 1.54) is 37.5 Å². The van der Waals surface area contributed by atoms with E-state index >= 15 is 0 Å². The molecule has 12 heteroatoms. The zero-order valence-corrected chi connectivity index (χ0v) is 23.7. The molecule has 0 radical (unpaired) electrons. The highest BCUT2D eigenvalue weighted by Gasteiger charge is 2.35. The van der Waals surface area contributed by atoms with Gasteiger partial charge in [0.2, 0.25) is 5.91 Å². The maximum Gasteiger partial charge on any atom is 0.329 e. The summed E-state index contributed by atoms with van der Waals surface area (Å²) in [6, 6.07) is 15.0. The Labute approximate surface area is 243 Å². The van der Waals surface area contributed by atoms with Crippen molar-refractivity contribution in [2.75, 3.05) is 30.9 Å². The van der Waals surface area contributed by atoms with Gasteiger partial charge in [-0.3, -0.25) is 14.4 Å². The first-order chi connectivity index (χ1) is 19.7. The first-order valence-electron chi connectivity index (χ1n) is 12.5. The second-order valence-electron chi connectivity index (χ2n) is 8.81. The van der Waals surface area contributed by atoms with E-state index in [0.29, 0.717) is 27.8 Å². The van der Waals surface area contributed by atoms with Crippen LogP contribution in [0.4, 0.5) is 20.6 Å². The molecular formula is C29H26BrFN4O6. The molecule has 3 N–H and O–H groups in total. The zero-order valence-electron chi connectivity index (χ0n) is 22.1. The fourth-order valence-corrected chi connectivity index (χ4v) is 4.40. The summed E-state index contributed by atoms with van der Waals surface area (Å²) in [5.41, 5.74) is 2.40. The minimum Gasteiger partial charge on any atom is -0.493 e. The van der Waals surface area contributed by atoms with Crippen LogP contribution in [0.25, 0.3) is 6.08 Å². The molecule has 0 atom stereocenters. The Morgan fingerprint density at radius 3 is 2.46 bits per heavy atom. The number of nitrogens with one attached hydrogen (secondary N) is 3. The van der Waals surface area contributed by atoms with E-state index in [1.807, 2.05) is 19.1 Å². The smallest absolute Gasteiger partial charge is 0.329 e. The monoisotopic (exact) mass is 624 g/mol.